The van der Waals surface area contributed by atoms with Crippen molar-refractivity contribution in [3.05, 3.63) is 27.5 Å². The number of rotatable bonds is 4. The molecule has 0 aromatic carbocycles. The molecule has 1 aliphatic rings. The number of hydrogen-bond acceptors (Lipinski definition) is 7. The zero-order valence-corrected chi connectivity index (χ0v) is 15.3. The smallest absolute Gasteiger partial charge is 0.494 e. The number of aliphatic hydroxyl groups excluding tert-OH is 1. The molecule has 0 fully saturated rings. The Kier molecular flexibility index (Phi) is 9.01. The van der Waals surface area contributed by atoms with E-state index in [1.165, 1.54) is 11.6 Å². The quantitative estimate of drug-likeness (QED) is 0.254. The third-order valence-corrected chi connectivity index (χ3v) is 3.11. The van der Waals surface area contributed by atoms with Crippen LogP contribution in [0.1, 0.15) is 6.92 Å². The van der Waals surface area contributed by atoms with E-state index < -0.39 is 5.97 Å². The first kappa shape index (κ1) is 22.4. The number of aliphatic carboxylic acids is 1. The molecule has 1 aromatic rings. The fraction of sp³-hybridized carbons (Fsp3) is 0.538. The summed E-state index contributed by atoms with van der Waals surface area (Å²) in [5.41, 5.74) is -0.270. The van der Waals surface area contributed by atoms with E-state index in [4.69, 9.17) is 19.7 Å². The molecule has 11 heteroatoms. The van der Waals surface area contributed by atoms with Crippen LogP contribution in [0.15, 0.2) is 9.59 Å². The minimum atomic E-state index is -0.833. The Balaban J connectivity index is 0.000000954. The minimum Gasteiger partial charge on any atom is -0.494 e. The van der Waals surface area contributed by atoms with Crippen LogP contribution in [0.2, 0.25) is 0 Å². The number of fused-ring (bicyclic) bond motifs is 1. The summed E-state index contributed by atoms with van der Waals surface area (Å²) in [6.45, 7) is 3.16. The monoisotopic (exact) mass is 436 g/mol. The van der Waals surface area contributed by atoms with Gasteiger partial charge in [0, 0.05) is 27.6 Å². The summed E-state index contributed by atoms with van der Waals surface area (Å²) >= 11 is 0. The fourth-order valence-electron chi connectivity index (χ4n) is 2.19. The number of carbonyl (C=O) groups is 1. The molecule has 1 aromatic heterocycles. The van der Waals surface area contributed by atoms with Crippen LogP contribution in [-0.2, 0) is 46.0 Å². The number of hydrogen-bond donors (Lipinski definition) is 2. The summed E-state index contributed by atoms with van der Waals surface area (Å²) in [4.78, 5) is 36.5. The Morgan fingerprint density at radius 3 is 2.25 bits per heavy atom. The van der Waals surface area contributed by atoms with E-state index in [1.807, 2.05) is 0 Å². The molecular weight excluding hydrogens is 416 g/mol. The number of carboxylic acids is 1. The predicted octanol–water partition coefficient (Wildman–Crippen LogP) is -1.49. The van der Waals surface area contributed by atoms with Gasteiger partial charge >= 0.3 is 28.1 Å². The summed E-state index contributed by atoms with van der Waals surface area (Å²) in [7, 11) is 4.84. The van der Waals surface area contributed by atoms with Gasteiger partial charge in [0.25, 0.3) is 11.5 Å². The average Bonchev–Trinajstić information content (AvgIpc) is 2.79. The molecule has 2 N–H and O–H groups in total. The van der Waals surface area contributed by atoms with Gasteiger partial charge in [0.2, 0.25) is 0 Å². The molecule has 0 unspecified atom stereocenters. The normalized spacial score (nSPS) is 12.2. The van der Waals surface area contributed by atoms with Crippen LogP contribution < -0.4 is 21.0 Å². The number of anilines is 2. The Bertz CT molecular complexity index is 682. The zero-order chi connectivity index (χ0) is 17.7. The van der Waals surface area contributed by atoms with E-state index >= 15 is 0 Å². The van der Waals surface area contributed by atoms with Crippen molar-refractivity contribution in [3.63, 3.8) is 0 Å². The summed E-state index contributed by atoms with van der Waals surface area (Å²) in [6.07, 6.45) is 0. The topological polar surface area (TPSA) is 117 Å². The third kappa shape index (κ3) is 4.95. The van der Waals surface area contributed by atoms with Crippen LogP contribution in [-0.4, -0.2) is 52.3 Å². The van der Waals surface area contributed by atoms with Crippen molar-refractivity contribution < 1.29 is 42.1 Å². The van der Waals surface area contributed by atoms with E-state index in [9.17, 15) is 9.59 Å². The summed E-state index contributed by atoms with van der Waals surface area (Å²) in [6, 6.07) is 0. The summed E-state index contributed by atoms with van der Waals surface area (Å²) < 4.78 is 7.37. The van der Waals surface area contributed by atoms with Crippen molar-refractivity contribution in [3.8, 4) is 0 Å². The van der Waals surface area contributed by atoms with Crippen LogP contribution in [0.25, 0.3) is 0 Å². The number of nitrogens with zero attached hydrogens (tertiary/aromatic N) is 4. The SMILES string of the molecule is CC(=O)O.CN1[CH-]N(CCOCO)c2c1n(C)c(=O)n(C)c2=O.[Ag+]. The average molecular weight is 437 g/mol. The molecule has 0 spiro atoms. The van der Waals surface area contributed by atoms with Crippen molar-refractivity contribution in [2.75, 3.05) is 36.8 Å². The molecule has 2 rings (SSSR count). The third-order valence-electron chi connectivity index (χ3n) is 3.11. The Morgan fingerprint density at radius 1 is 1.21 bits per heavy atom. The Labute approximate surface area is 154 Å². The summed E-state index contributed by atoms with van der Waals surface area (Å²) in [5, 5.41) is 16.0. The molecule has 10 nitrogen and oxygen atoms in total. The van der Waals surface area contributed by atoms with Crippen LogP contribution >= 0.6 is 0 Å². The number of ether oxygens (including phenoxy) is 1. The van der Waals surface area contributed by atoms with Gasteiger partial charge in [-0.1, -0.05) is 0 Å². The summed E-state index contributed by atoms with van der Waals surface area (Å²) in [5.74, 6) is -0.280. The molecular formula is C13H21AgN4O6. The first-order chi connectivity index (χ1) is 10.7. The minimum absolute atomic E-state index is 0. The largest absolute Gasteiger partial charge is 1.00 e. The molecule has 0 radical (unpaired) electrons. The maximum atomic E-state index is 12.2. The molecule has 24 heavy (non-hydrogen) atoms. The maximum absolute atomic E-state index is 12.2. The number of aromatic nitrogens is 2. The molecule has 140 valence electrons. The van der Waals surface area contributed by atoms with E-state index in [0.717, 1.165) is 11.5 Å². The van der Waals surface area contributed by atoms with Gasteiger partial charge < -0.3 is 24.7 Å². The Hall–Kier alpha value is -1.59. The second kappa shape index (κ2) is 9.64. The van der Waals surface area contributed by atoms with Crippen LogP contribution in [0, 0.1) is 6.67 Å². The van der Waals surface area contributed by atoms with E-state index in [0.29, 0.717) is 18.1 Å². The van der Waals surface area contributed by atoms with Gasteiger partial charge in [-0.15, -0.1) is 0 Å². The van der Waals surface area contributed by atoms with Crippen molar-refractivity contribution >= 4 is 17.5 Å². The second-order valence-electron chi connectivity index (χ2n) is 4.85. The van der Waals surface area contributed by atoms with Crippen LogP contribution in [0.4, 0.5) is 11.5 Å². The van der Waals surface area contributed by atoms with Crippen LogP contribution in [0.5, 0.6) is 0 Å². The molecule has 0 amide bonds. The van der Waals surface area contributed by atoms with Crippen molar-refractivity contribution in [1.29, 1.82) is 0 Å². The Morgan fingerprint density at radius 2 is 1.75 bits per heavy atom. The molecule has 0 saturated heterocycles. The molecule has 0 atom stereocenters. The first-order valence-corrected chi connectivity index (χ1v) is 6.75. The van der Waals surface area contributed by atoms with Gasteiger partial charge in [0.15, 0.2) is 0 Å². The van der Waals surface area contributed by atoms with Gasteiger partial charge in [0.1, 0.15) is 18.3 Å². The van der Waals surface area contributed by atoms with Crippen molar-refractivity contribution in [2.45, 2.75) is 6.92 Å². The first-order valence-electron chi connectivity index (χ1n) is 6.75. The predicted molar refractivity (Wildman–Crippen MR) is 83.3 cm³/mol. The van der Waals surface area contributed by atoms with Gasteiger partial charge in [-0.05, 0) is 7.05 Å². The van der Waals surface area contributed by atoms with Crippen molar-refractivity contribution in [2.24, 2.45) is 14.1 Å². The number of carboxylic acid groups (broad SMARTS) is 1. The molecule has 0 bridgehead atoms. The number of aliphatic hydroxyl groups is 1. The molecule has 0 aliphatic carbocycles. The second-order valence-corrected chi connectivity index (χ2v) is 4.85. The maximum Gasteiger partial charge on any atom is 1.00 e. The standard InChI is InChI=1S/C11H17N4O4.C2H4O2.Ag/c1-12-6-15(4-5-19-7-16)8-9(12)13(2)11(18)14(3)10(8)17;1-2(3)4;/h6,16H,4-5,7H2,1-3H3;1H3,(H,3,4);/q-1;;+1. The van der Waals surface area contributed by atoms with Gasteiger partial charge in [0.05, 0.1) is 6.61 Å². The molecule has 2 heterocycles. The van der Waals surface area contributed by atoms with Gasteiger partial charge in [-0.2, -0.15) is 6.67 Å². The fourth-order valence-corrected chi connectivity index (χ4v) is 2.19. The van der Waals surface area contributed by atoms with Crippen LogP contribution in [0.3, 0.4) is 0 Å². The van der Waals surface area contributed by atoms with Gasteiger partial charge in [-0.3, -0.25) is 18.7 Å². The molecule has 0 saturated carbocycles. The van der Waals surface area contributed by atoms with E-state index in [2.05, 4.69) is 0 Å². The molecule has 1 aliphatic heterocycles. The zero-order valence-electron chi connectivity index (χ0n) is 13.8. The van der Waals surface area contributed by atoms with E-state index in [1.54, 1.807) is 30.6 Å². The van der Waals surface area contributed by atoms with Gasteiger partial charge in [-0.25, -0.2) is 4.79 Å². The van der Waals surface area contributed by atoms with Crippen molar-refractivity contribution in [1.82, 2.24) is 9.13 Å². The van der Waals surface area contributed by atoms with E-state index in [-0.39, 0.29) is 47.0 Å².